The van der Waals surface area contributed by atoms with Crippen LogP contribution in [0.15, 0.2) is 61.2 Å². The SMILES string of the molecule is Cc1ccc(C(=O)NCc2cccnc2)c(NCc2cccnc2)n1. The van der Waals surface area contributed by atoms with Gasteiger partial charge in [0.05, 0.1) is 5.56 Å². The van der Waals surface area contributed by atoms with Gasteiger partial charge in [-0.1, -0.05) is 12.1 Å². The van der Waals surface area contributed by atoms with E-state index in [1.807, 2.05) is 37.3 Å². The van der Waals surface area contributed by atoms with Crippen molar-refractivity contribution in [1.29, 1.82) is 0 Å². The summed E-state index contributed by atoms with van der Waals surface area (Å²) in [4.78, 5) is 25.1. The Morgan fingerprint density at radius 3 is 2.28 bits per heavy atom. The molecule has 0 unspecified atom stereocenters. The fourth-order valence-corrected chi connectivity index (χ4v) is 2.34. The number of rotatable bonds is 6. The van der Waals surface area contributed by atoms with Crippen molar-refractivity contribution < 1.29 is 4.79 Å². The van der Waals surface area contributed by atoms with E-state index < -0.39 is 0 Å². The highest BCUT2D eigenvalue weighted by atomic mass is 16.1. The second-order valence-electron chi connectivity index (χ2n) is 5.61. The molecule has 0 saturated heterocycles. The largest absolute Gasteiger partial charge is 0.365 e. The number of pyridine rings is 3. The summed E-state index contributed by atoms with van der Waals surface area (Å²) >= 11 is 0. The standard InChI is InChI=1S/C19H19N5O/c1-14-6-7-17(19(25)23-13-16-5-3-9-21-11-16)18(24-14)22-12-15-4-2-8-20-10-15/h2-11H,12-13H2,1H3,(H,22,24)(H,23,25). The summed E-state index contributed by atoms with van der Waals surface area (Å²) in [5.74, 6) is 0.387. The number of carbonyl (C=O) groups excluding carboxylic acids is 1. The summed E-state index contributed by atoms with van der Waals surface area (Å²) in [7, 11) is 0. The molecule has 0 saturated carbocycles. The Kier molecular flexibility index (Phi) is 5.31. The highest BCUT2D eigenvalue weighted by molar-refractivity contribution is 5.98. The molecule has 25 heavy (non-hydrogen) atoms. The Morgan fingerprint density at radius 1 is 0.960 bits per heavy atom. The molecule has 3 aromatic heterocycles. The van der Waals surface area contributed by atoms with Crippen molar-refractivity contribution in [3.8, 4) is 0 Å². The van der Waals surface area contributed by atoms with Crippen LogP contribution < -0.4 is 10.6 Å². The molecule has 0 aliphatic rings. The number of amides is 1. The van der Waals surface area contributed by atoms with Gasteiger partial charge in [0.15, 0.2) is 0 Å². The molecule has 0 aliphatic heterocycles. The summed E-state index contributed by atoms with van der Waals surface area (Å²) in [5.41, 5.74) is 3.32. The van der Waals surface area contributed by atoms with Gasteiger partial charge in [0.25, 0.3) is 5.91 Å². The van der Waals surface area contributed by atoms with E-state index in [-0.39, 0.29) is 5.91 Å². The fourth-order valence-electron chi connectivity index (χ4n) is 2.34. The van der Waals surface area contributed by atoms with Gasteiger partial charge in [0, 0.05) is 43.6 Å². The van der Waals surface area contributed by atoms with E-state index in [0.29, 0.717) is 24.5 Å². The molecule has 0 radical (unpaired) electrons. The maximum absolute atomic E-state index is 12.5. The van der Waals surface area contributed by atoms with Crippen molar-refractivity contribution in [2.45, 2.75) is 20.0 Å². The van der Waals surface area contributed by atoms with Crippen molar-refractivity contribution >= 4 is 11.7 Å². The van der Waals surface area contributed by atoms with E-state index in [2.05, 4.69) is 25.6 Å². The number of aryl methyl sites for hydroxylation is 1. The lowest BCUT2D eigenvalue weighted by Crippen LogP contribution is -2.24. The molecule has 0 spiro atoms. The van der Waals surface area contributed by atoms with Gasteiger partial charge in [-0.3, -0.25) is 14.8 Å². The summed E-state index contributed by atoms with van der Waals surface area (Å²) in [6, 6.07) is 11.2. The second-order valence-corrected chi connectivity index (χ2v) is 5.61. The molecule has 0 aromatic carbocycles. The third-order valence-corrected chi connectivity index (χ3v) is 3.64. The van der Waals surface area contributed by atoms with Crippen molar-refractivity contribution in [1.82, 2.24) is 20.3 Å². The molecule has 3 rings (SSSR count). The number of carbonyl (C=O) groups is 1. The van der Waals surface area contributed by atoms with Gasteiger partial charge < -0.3 is 10.6 Å². The number of nitrogens with zero attached hydrogens (tertiary/aromatic N) is 3. The summed E-state index contributed by atoms with van der Waals surface area (Å²) in [6.07, 6.45) is 6.95. The first-order valence-electron chi connectivity index (χ1n) is 8.00. The zero-order valence-corrected chi connectivity index (χ0v) is 13.9. The molecule has 0 fully saturated rings. The lowest BCUT2D eigenvalue weighted by Gasteiger charge is -2.12. The van der Waals surface area contributed by atoms with Gasteiger partial charge in [0.1, 0.15) is 5.82 Å². The van der Waals surface area contributed by atoms with Gasteiger partial charge >= 0.3 is 0 Å². The Bertz CT molecular complexity index is 837. The molecule has 0 atom stereocenters. The zero-order chi connectivity index (χ0) is 17.5. The van der Waals surface area contributed by atoms with E-state index in [1.165, 1.54) is 0 Å². The van der Waals surface area contributed by atoms with Crippen LogP contribution in [-0.4, -0.2) is 20.9 Å². The van der Waals surface area contributed by atoms with E-state index in [4.69, 9.17) is 0 Å². The molecule has 6 heteroatoms. The Balaban J connectivity index is 1.70. The first kappa shape index (κ1) is 16.6. The van der Waals surface area contributed by atoms with E-state index in [0.717, 1.165) is 16.8 Å². The Morgan fingerprint density at radius 2 is 1.64 bits per heavy atom. The summed E-state index contributed by atoms with van der Waals surface area (Å²) in [6.45, 7) is 2.86. The van der Waals surface area contributed by atoms with E-state index in [1.54, 1.807) is 30.9 Å². The molecular weight excluding hydrogens is 314 g/mol. The molecule has 1 amide bonds. The van der Waals surface area contributed by atoms with Crippen molar-refractivity contribution in [3.63, 3.8) is 0 Å². The normalized spacial score (nSPS) is 10.3. The molecular formula is C19H19N5O. The Hall–Kier alpha value is -3.28. The molecule has 3 heterocycles. The molecule has 126 valence electrons. The lowest BCUT2D eigenvalue weighted by atomic mass is 10.2. The molecule has 3 aromatic rings. The predicted octanol–water partition coefficient (Wildman–Crippen LogP) is 2.72. The van der Waals surface area contributed by atoms with Gasteiger partial charge in [-0.25, -0.2) is 4.98 Å². The van der Waals surface area contributed by atoms with E-state index in [9.17, 15) is 4.79 Å². The number of hydrogen-bond acceptors (Lipinski definition) is 5. The average Bonchev–Trinajstić information content (AvgIpc) is 2.66. The lowest BCUT2D eigenvalue weighted by molar-refractivity contribution is 0.0951. The Labute approximate surface area is 146 Å². The van der Waals surface area contributed by atoms with Gasteiger partial charge in [0.2, 0.25) is 0 Å². The van der Waals surface area contributed by atoms with E-state index >= 15 is 0 Å². The van der Waals surface area contributed by atoms with Gasteiger partial charge in [-0.05, 0) is 42.3 Å². The number of nitrogens with one attached hydrogen (secondary N) is 2. The van der Waals surface area contributed by atoms with Crippen LogP contribution in [0.2, 0.25) is 0 Å². The number of anilines is 1. The van der Waals surface area contributed by atoms with Crippen LogP contribution in [0.1, 0.15) is 27.2 Å². The second kappa shape index (κ2) is 8.01. The zero-order valence-electron chi connectivity index (χ0n) is 13.9. The average molecular weight is 333 g/mol. The van der Waals surface area contributed by atoms with Crippen LogP contribution in [0.5, 0.6) is 0 Å². The molecule has 0 bridgehead atoms. The topological polar surface area (TPSA) is 79.8 Å². The van der Waals surface area contributed by atoms with Crippen molar-refractivity contribution in [2.75, 3.05) is 5.32 Å². The van der Waals surface area contributed by atoms with Crippen LogP contribution in [0, 0.1) is 6.92 Å². The quantitative estimate of drug-likeness (QED) is 0.725. The van der Waals surface area contributed by atoms with Crippen LogP contribution in [0.3, 0.4) is 0 Å². The third-order valence-electron chi connectivity index (χ3n) is 3.64. The van der Waals surface area contributed by atoms with Gasteiger partial charge in [-0.15, -0.1) is 0 Å². The smallest absolute Gasteiger partial charge is 0.255 e. The fraction of sp³-hybridized carbons (Fsp3) is 0.158. The monoisotopic (exact) mass is 333 g/mol. The van der Waals surface area contributed by atoms with Gasteiger partial charge in [-0.2, -0.15) is 0 Å². The summed E-state index contributed by atoms with van der Waals surface area (Å²) < 4.78 is 0. The number of aromatic nitrogens is 3. The van der Waals surface area contributed by atoms with Crippen LogP contribution in [-0.2, 0) is 13.1 Å². The van der Waals surface area contributed by atoms with Crippen LogP contribution in [0.4, 0.5) is 5.82 Å². The minimum atomic E-state index is -0.176. The van der Waals surface area contributed by atoms with Crippen LogP contribution >= 0.6 is 0 Å². The number of hydrogen-bond donors (Lipinski definition) is 2. The third kappa shape index (κ3) is 4.60. The minimum absolute atomic E-state index is 0.176. The first-order chi connectivity index (χ1) is 12.2. The minimum Gasteiger partial charge on any atom is -0.365 e. The van der Waals surface area contributed by atoms with Crippen LogP contribution in [0.25, 0.3) is 0 Å². The molecule has 6 nitrogen and oxygen atoms in total. The maximum atomic E-state index is 12.5. The predicted molar refractivity (Wildman–Crippen MR) is 95.9 cm³/mol. The molecule has 2 N–H and O–H groups in total. The molecule has 0 aliphatic carbocycles. The summed E-state index contributed by atoms with van der Waals surface area (Å²) in [5, 5.41) is 6.13. The van der Waals surface area contributed by atoms with Crippen molar-refractivity contribution in [2.24, 2.45) is 0 Å². The van der Waals surface area contributed by atoms with Crippen molar-refractivity contribution in [3.05, 3.63) is 83.6 Å². The first-order valence-corrected chi connectivity index (χ1v) is 8.00. The highest BCUT2D eigenvalue weighted by Gasteiger charge is 2.13. The highest BCUT2D eigenvalue weighted by Crippen LogP contribution is 2.15. The maximum Gasteiger partial charge on any atom is 0.255 e.